The van der Waals surface area contributed by atoms with Crippen LogP contribution >= 0.6 is 0 Å². The molecule has 24 nitrogen and oxygen atoms in total. The van der Waals surface area contributed by atoms with Gasteiger partial charge in [-0.25, -0.2) is 8.78 Å². The number of alkyl halides is 2. The van der Waals surface area contributed by atoms with Crippen molar-refractivity contribution in [2.24, 2.45) is 116 Å². The molecule has 3 amide bonds. The van der Waals surface area contributed by atoms with E-state index >= 15 is 0 Å². The van der Waals surface area contributed by atoms with E-state index < -0.39 is 19.1 Å². The monoisotopic (exact) mass is 1520 g/mol. The molecule has 1 aliphatic rings. The summed E-state index contributed by atoms with van der Waals surface area (Å²) in [7, 11) is 4.17. The topological polar surface area (TPSA) is 388 Å². The molecule has 632 valence electrons. The number of aliphatic imine (C=N–C) groups is 1. The van der Waals surface area contributed by atoms with Gasteiger partial charge in [0.2, 0.25) is 17.7 Å². The highest BCUT2D eigenvalue weighted by Crippen LogP contribution is 2.14. The first-order valence-corrected chi connectivity index (χ1v) is 39.2. The summed E-state index contributed by atoms with van der Waals surface area (Å²) in [5.41, 5.74) is 42.8. The largest absolute Gasteiger partial charge is 0.493 e. The van der Waals surface area contributed by atoms with E-state index in [1.165, 1.54) is 6.92 Å². The molecule has 1 aromatic rings. The maximum Gasteiger partial charge on any atom is 0.282 e. The number of nitrogens with two attached hydrogens (primary N) is 8. The Balaban J connectivity index is -0.000000166. The van der Waals surface area contributed by atoms with Crippen LogP contribution in [-0.4, -0.2) is 213 Å². The Kier molecular flexibility index (Phi) is 95.2. The van der Waals surface area contributed by atoms with Gasteiger partial charge < -0.3 is 105 Å². The van der Waals surface area contributed by atoms with E-state index in [9.17, 15) is 23.2 Å². The van der Waals surface area contributed by atoms with Crippen molar-refractivity contribution in [1.29, 1.82) is 0 Å². The zero-order chi connectivity index (χ0) is 82.4. The molecule has 1 saturated heterocycles. The van der Waals surface area contributed by atoms with Crippen LogP contribution < -0.4 is 71.9 Å². The van der Waals surface area contributed by atoms with Gasteiger partial charge in [-0.3, -0.25) is 19.4 Å². The van der Waals surface area contributed by atoms with Gasteiger partial charge in [-0.05, 0) is 163 Å². The Labute approximate surface area is 642 Å². The minimum Gasteiger partial charge on any atom is -0.493 e. The van der Waals surface area contributed by atoms with E-state index in [1.54, 1.807) is 0 Å². The minimum atomic E-state index is -2.87. The molecule has 0 bridgehead atoms. The highest BCUT2D eigenvalue weighted by atomic mass is 19.3. The summed E-state index contributed by atoms with van der Waals surface area (Å²) in [6, 6.07) is 7.92. The first kappa shape index (κ1) is 117. The molecule has 1 aromatic carbocycles. The van der Waals surface area contributed by atoms with Crippen molar-refractivity contribution in [2.45, 2.75) is 216 Å². The number of rotatable bonds is 46. The van der Waals surface area contributed by atoms with Crippen molar-refractivity contribution in [3.8, 4) is 5.75 Å². The number of unbranched alkanes of at least 4 members (excludes halogenated alkanes) is 1. The van der Waals surface area contributed by atoms with Crippen LogP contribution in [0.15, 0.2) is 29.3 Å². The quantitative estimate of drug-likeness (QED) is 0.0164. The highest BCUT2D eigenvalue weighted by Gasteiger charge is 2.27. The summed E-state index contributed by atoms with van der Waals surface area (Å²) in [5.74, 6) is 4.37. The highest BCUT2D eigenvalue weighted by molar-refractivity contribution is 5.80. The Morgan fingerprint density at radius 1 is 0.524 bits per heavy atom. The lowest BCUT2D eigenvalue weighted by atomic mass is 10.0. The Morgan fingerprint density at radius 2 is 0.933 bits per heavy atom. The van der Waals surface area contributed by atoms with Gasteiger partial charge in [0.1, 0.15) is 12.4 Å². The zero-order valence-corrected chi connectivity index (χ0v) is 71.7. The van der Waals surface area contributed by atoms with Gasteiger partial charge in [0.25, 0.3) is 5.92 Å². The van der Waals surface area contributed by atoms with Gasteiger partial charge in [0.05, 0.1) is 25.2 Å². The van der Waals surface area contributed by atoms with Gasteiger partial charge in [-0.15, -0.1) is 0 Å². The lowest BCUT2D eigenvalue weighted by Crippen LogP contribution is -2.51. The van der Waals surface area contributed by atoms with Gasteiger partial charge in [-0.1, -0.05) is 151 Å². The fourth-order valence-electron chi connectivity index (χ4n) is 6.51. The molecule has 1 aliphatic heterocycles. The van der Waals surface area contributed by atoms with Crippen LogP contribution in [0.4, 0.5) is 8.78 Å². The van der Waals surface area contributed by atoms with Gasteiger partial charge in [0.15, 0.2) is 5.96 Å². The summed E-state index contributed by atoms with van der Waals surface area (Å²) in [4.78, 5) is 38.2. The SMILES string of the molecule is CC(=O)NCC(C)C.CC(C)CNC(=O)C1CNC1.CC(C)CNC(=O)CCN.CC(C)COCC(F)(F)CN.CC(C)COCCCCN.CC(C)COCCCN.CC(C)COCCCN(C)C.CC(C)COCCCN=C(N)N.CC(C)COc1ccc(CN)cc1.CC(C)[C@H](C)OCCCN. The maximum absolute atomic E-state index is 12.4. The first-order chi connectivity index (χ1) is 49.2. The number of ether oxygens (including phenoxy) is 7. The summed E-state index contributed by atoms with van der Waals surface area (Å²) in [6.45, 7) is 62.2. The Hall–Kier alpha value is -4.00. The van der Waals surface area contributed by atoms with Crippen molar-refractivity contribution in [3.05, 3.63) is 29.8 Å². The van der Waals surface area contributed by atoms with E-state index in [4.69, 9.17) is 79.0 Å². The molecule has 2 rings (SSSR count). The third-order valence-electron chi connectivity index (χ3n) is 12.8. The molecule has 0 aromatic heterocycles. The van der Waals surface area contributed by atoms with Crippen LogP contribution in [0.25, 0.3) is 0 Å². The van der Waals surface area contributed by atoms with Crippen molar-refractivity contribution in [3.63, 3.8) is 0 Å². The third kappa shape index (κ3) is 119. The summed E-state index contributed by atoms with van der Waals surface area (Å²) < 4.78 is 61.8. The third-order valence-corrected chi connectivity index (χ3v) is 12.8. The molecule has 105 heavy (non-hydrogen) atoms. The Morgan fingerprint density at radius 3 is 1.29 bits per heavy atom. The van der Waals surface area contributed by atoms with Crippen molar-refractivity contribution < 1.29 is 56.3 Å². The molecule has 1 atom stereocenters. The number of carbonyl (C=O) groups is 3. The molecule has 0 spiro atoms. The second kappa shape index (κ2) is 85.6. The average Bonchev–Trinajstić information content (AvgIpc) is 0.904. The van der Waals surface area contributed by atoms with Gasteiger partial charge in [0, 0.05) is 132 Å². The van der Waals surface area contributed by atoms with E-state index in [2.05, 4.69) is 177 Å². The molecule has 1 heterocycles. The number of nitrogens with one attached hydrogen (secondary N) is 4. The first-order valence-electron chi connectivity index (χ1n) is 39.2. The molecule has 0 unspecified atom stereocenters. The van der Waals surface area contributed by atoms with E-state index in [-0.39, 0.29) is 35.5 Å². The molecule has 1 fully saturated rings. The number of amides is 3. The van der Waals surface area contributed by atoms with Crippen LogP contribution in [0.2, 0.25) is 0 Å². The second-order valence-electron chi connectivity index (χ2n) is 30.4. The molecule has 0 radical (unpaired) electrons. The number of carbonyl (C=O) groups excluding carboxylic acids is 3. The molecular formula is C79H172F2N14O10. The van der Waals surface area contributed by atoms with Crippen LogP contribution in [0, 0.1) is 65.1 Å². The number of benzene rings is 1. The number of hydrogen-bond donors (Lipinski definition) is 12. The van der Waals surface area contributed by atoms with E-state index in [0.717, 1.165) is 175 Å². The second-order valence-corrected chi connectivity index (χ2v) is 30.4. The predicted octanol–water partition coefficient (Wildman–Crippen LogP) is 10.0. The number of nitrogens with zero attached hydrogens (tertiary/aromatic N) is 2. The maximum atomic E-state index is 12.4. The minimum absolute atomic E-state index is 0.0520. The lowest BCUT2D eigenvalue weighted by Gasteiger charge is -2.26. The molecule has 26 heteroatoms. The van der Waals surface area contributed by atoms with E-state index in [0.29, 0.717) is 92.0 Å². The molecule has 0 aliphatic carbocycles. The summed E-state index contributed by atoms with van der Waals surface area (Å²) in [6.07, 6.45) is 6.95. The molecular weight excluding hydrogens is 1340 g/mol. The average molecular weight is 1520 g/mol. The summed E-state index contributed by atoms with van der Waals surface area (Å²) in [5, 5.41) is 11.4. The Bertz CT molecular complexity index is 1950. The van der Waals surface area contributed by atoms with Crippen molar-refractivity contribution >= 4 is 23.7 Å². The van der Waals surface area contributed by atoms with Gasteiger partial charge in [-0.2, -0.15) is 0 Å². The van der Waals surface area contributed by atoms with E-state index in [1.807, 2.05) is 38.1 Å². The fraction of sp³-hybridized carbons (Fsp3) is 0.873. The van der Waals surface area contributed by atoms with Crippen LogP contribution in [0.1, 0.15) is 203 Å². The normalized spacial score (nSPS) is 11.8. The van der Waals surface area contributed by atoms with Crippen LogP contribution in [0.5, 0.6) is 5.75 Å². The predicted molar refractivity (Wildman–Crippen MR) is 441 cm³/mol. The smallest absolute Gasteiger partial charge is 0.282 e. The van der Waals surface area contributed by atoms with Crippen LogP contribution in [0.3, 0.4) is 0 Å². The van der Waals surface area contributed by atoms with Crippen LogP contribution in [-0.2, 0) is 49.3 Å². The summed E-state index contributed by atoms with van der Waals surface area (Å²) >= 11 is 0. The molecule has 20 N–H and O–H groups in total. The number of guanidine groups is 1. The zero-order valence-electron chi connectivity index (χ0n) is 71.7. The van der Waals surface area contributed by atoms with Crippen molar-refractivity contribution in [2.75, 3.05) is 172 Å². The van der Waals surface area contributed by atoms with Gasteiger partial charge >= 0.3 is 0 Å². The lowest BCUT2D eigenvalue weighted by molar-refractivity contribution is -0.126. The fourth-order valence-corrected chi connectivity index (χ4v) is 6.51. The molecule has 0 saturated carbocycles. The number of hydrogen-bond acceptors (Lipinski definition) is 19. The number of halogens is 2. The van der Waals surface area contributed by atoms with Crippen molar-refractivity contribution in [1.82, 2.24) is 26.2 Å². The standard InChI is InChI=1S/C11H17NO.C9H21NO.C8H19N3O.C8H16N2O.2C8H19NO.C7H15F2NO.C7H16N2O.C7H17NO.C6H13NO/c1-9(2)8-13-11-5-3-10(7-12)4-6-11;1-9(2)8-11-7-5-6-10(3)4;1-7(2)6-12-5-3-4-11-8(9)10;1-6(2)3-10-8(11)7-4-9-5-7;1-7(2)8(3)10-6-4-5-9;1-8(2)7-10-6-4-3-5-9;1-6(2)3-11-5-7(8,9)4-10;1-6(2)5-9-7(10)3-4-8;1-7(2)6-9-5-3-4-8;1-5(2)4-7-6(3)8/h3-6,9H,7-8,12H2,1-2H3;9H,5-8H2,1-4H3;7H,3-6H2,1-2H3,(H4,9,10,11);6-7,9H,3-5H2,1-2H3,(H,10,11);7-8H,4-6,9H2,1-3H3;8H,3-7,9H2,1-2H3;6H,3-5,10H2,1-2H3;6H,3-5,8H2,1-2H3,(H,9,10);7H,3-6,8H2,1-2H3;5H,4H2,1-3H3,(H,7,8)/t;;;;8-;;;;;/m....0...../s1.